The highest BCUT2D eigenvalue weighted by molar-refractivity contribution is 6.30. The van der Waals surface area contributed by atoms with Crippen LogP contribution in [-0.2, 0) is 0 Å². The molecule has 0 aliphatic heterocycles. The van der Waals surface area contributed by atoms with E-state index in [9.17, 15) is 0 Å². The molecule has 1 N–H and O–H groups in total. The number of nitrogens with one attached hydrogen (secondary N) is 1. The molecule has 4 nitrogen and oxygen atoms in total. The molecule has 0 radical (unpaired) electrons. The van der Waals surface area contributed by atoms with Gasteiger partial charge in [0, 0.05) is 12.2 Å². The van der Waals surface area contributed by atoms with Gasteiger partial charge in [-0.1, -0.05) is 11.6 Å². The van der Waals surface area contributed by atoms with E-state index < -0.39 is 0 Å². The van der Waals surface area contributed by atoms with Crippen molar-refractivity contribution in [1.82, 2.24) is 14.4 Å². The predicted molar refractivity (Wildman–Crippen MR) is 89.4 cm³/mol. The molecule has 22 heavy (non-hydrogen) atoms. The monoisotopic (exact) mass is 312 g/mol. The quantitative estimate of drug-likeness (QED) is 0.783. The van der Waals surface area contributed by atoms with Gasteiger partial charge in [-0.25, -0.2) is 9.97 Å². The van der Waals surface area contributed by atoms with E-state index in [2.05, 4.69) is 29.4 Å². The van der Waals surface area contributed by atoms with Crippen molar-refractivity contribution in [3.63, 3.8) is 0 Å². The maximum Gasteiger partial charge on any atom is 0.137 e. The molecular formula is C17H17ClN4. The highest BCUT2D eigenvalue weighted by Gasteiger charge is 2.18. The molecule has 5 heteroatoms. The van der Waals surface area contributed by atoms with E-state index in [4.69, 9.17) is 16.6 Å². The van der Waals surface area contributed by atoms with Crippen molar-refractivity contribution in [2.75, 3.05) is 5.32 Å². The minimum Gasteiger partial charge on any atom is -0.367 e. The van der Waals surface area contributed by atoms with Crippen molar-refractivity contribution >= 4 is 23.1 Å². The van der Waals surface area contributed by atoms with Crippen molar-refractivity contribution in [3.8, 4) is 11.4 Å². The van der Waals surface area contributed by atoms with E-state index in [1.165, 1.54) is 24.8 Å². The number of fused-ring (bicyclic) bond motifs is 1. The number of nitrogens with zero attached hydrogens (tertiary/aromatic N) is 3. The minimum atomic E-state index is 0.568. The Kier molecular flexibility index (Phi) is 3.26. The molecule has 0 spiro atoms. The third-order valence-corrected chi connectivity index (χ3v) is 4.38. The second-order valence-electron chi connectivity index (χ2n) is 5.91. The van der Waals surface area contributed by atoms with Gasteiger partial charge in [0.15, 0.2) is 0 Å². The summed E-state index contributed by atoms with van der Waals surface area (Å²) in [6, 6.07) is 8.50. The van der Waals surface area contributed by atoms with Gasteiger partial charge >= 0.3 is 0 Å². The first-order valence-corrected chi connectivity index (χ1v) is 7.95. The van der Waals surface area contributed by atoms with Crippen LogP contribution in [0.5, 0.6) is 0 Å². The Bertz CT molecular complexity index is 836. The zero-order valence-corrected chi connectivity index (χ0v) is 13.1. The van der Waals surface area contributed by atoms with Crippen LogP contribution < -0.4 is 5.32 Å². The molecule has 0 unspecified atom stereocenters. The summed E-state index contributed by atoms with van der Waals surface area (Å²) in [5, 5.41) is 4.20. The first-order valence-electron chi connectivity index (χ1n) is 7.57. The summed E-state index contributed by atoms with van der Waals surface area (Å²) in [7, 11) is 0. The van der Waals surface area contributed by atoms with E-state index in [0.717, 1.165) is 22.9 Å². The third-order valence-electron chi connectivity index (χ3n) is 4.16. The first-order chi connectivity index (χ1) is 10.7. The normalized spacial score (nSPS) is 15.0. The van der Waals surface area contributed by atoms with Crippen LogP contribution in [0.4, 0.5) is 5.82 Å². The molecule has 112 valence electrons. The van der Waals surface area contributed by atoms with Crippen molar-refractivity contribution in [3.05, 3.63) is 47.2 Å². The second-order valence-corrected chi connectivity index (χ2v) is 6.34. The fraction of sp³-hybridized carbons (Fsp3) is 0.294. The zero-order chi connectivity index (χ0) is 15.1. The number of anilines is 1. The van der Waals surface area contributed by atoms with Gasteiger partial charge in [-0.3, -0.25) is 4.40 Å². The Morgan fingerprint density at radius 2 is 2.14 bits per heavy atom. The number of hydrogen-bond acceptors (Lipinski definition) is 3. The van der Waals surface area contributed by atoms with E-state index in [-0.39, 0.29) is 0 Å². The van der Waals surface area contributed by atoms with E-state index in [0.29, 0.717) is 11.1 Å². The smallest absolute Gasteiger partial charge is 0.137 e. The van der Waals surface area contributed by atoms with Crippen LogP contribution in [0.15, 0.2) is 36.7 Å². The van der Waals surface area contributed by atoms with Crippen LogP contribution in [0.2, 0.25) is 5.02 Å². The van der Waals surface area contributed by atoms with Gasteiger partial charge in [0.1, 0.15) is 11.5 Å². The molecule has 0 aromatic carbocycles. The number of imidazole rings is 1. The summed E-state index contributed by atoms with van der Waals surface area (Å²) in [6.07, 6.45) is 7.50. The standard InChI is InChI=1S/C17H17ClN4/c1-11-7-14(21-16(8-11)20-13-3-2-4-13)15-9-19-17-6-5-12(18)10-22(15)17/h5-10,13H,2-4H2,1H3,(H,20,21). The molecule has 3 aromatic rings. The number of aryl methyl sites for hydroxylation is 1. The van der Waals surface area contributed by atoms with Gasteiger partial charge in [-0.15, -0.1) is 0 Å². The van der Waals surface area contributed by atoms with Gasteiger partial charge in [0.2, 0.25) is 0 Å². The summed E-state index contributed by atoms with van der Waals surface area (Å²) >= 11 is 6.11. The number of aromatic nitrogens is 3. The van der Waals surface area contributed by atoms with Gasteiger partial charge in [-0.2, -0.15) is 0 Å². The van der Waals surface area contributed by atoms with Gasteiger partial charge < -0.3 is 5.32 Å². The zero-order valence-electron chi connectivity index (χ0n) is 12.4. The maximum atomic E-state index is 6.11. The fourth-order valence-electron chi connectivity index (χ4n) is 2.78. The van der Waals surface area contributed by atoms with Crippen LogP contribution in [0.25, 0.3) is 17.0 Å². The maximum absolute atomic E-state index is 6.11. The average Bonchev–Trinajstić information content (AvgIpc) is 2.85. The lowest BCUT2D eigenvalue weighted by atomic mass is 9.93. The molecule has 0 bridgehead atoms. The Labute approximate surface area is 134 Å². The van der Waals surface area contributed by atoms with Crippen LogP contribution in [0.3, 0.4) is 0 Å². The van der Waals surface area contributed by atoms with Crippen LogP contribution in [0.1, 0.15) is 24.8 Å². The SMILES string of the molecule is Cc1cc(NC2CCC2)nc(-c2cnc3ccc(Cl)cn23)c1. The summed E-state index contributed by atoms with van der Waals surface area (Å²) in [4.78, 5) is 9.19. The predicted octanol–water partition coefficient (Wildman–Crippen LogP) is 4.32. The summed E-state index contributed by atoms with van der Waals surface area (Å²) in [5.41, 5.74) is 3.93. The Hall–Kier alpha value is -2.07. The van der Waals surface area contributed by atoms with E-state index >= 15 is 0 Å². The lowest BCUT2D eigenvalue weighted by Crippen LogP contribution is -2.27. The Balaban J connectivity index is 1.78. The molecule has 3 heterocycles. The molecule has 0 saturated heterocycles. The van der Waals surface area contributed by atoms with Crippen LogP contribution in [0, 0.1) is 6.92 Å². The Morgan fingerprint density at radius 1 is 1.27 bits per heavy atom. The first kappa shape index (κ1) is 13.6. The lowest BCUT2D eigenvalue weighted by molar-refractivity contribution is 0.444. The van der Waals surface area contributed by atoms with Gasteiger partial charge in [0.05, 0.1) is 22.6 Å². The average molecular weight is 313 g/mol. The van der Waals surface area contributed by atoms with E-state index in [1.807, 2.05) is 28.9 Å². The number of rotatable bonds is 3. The molecule has 1 aliphatic carbocycles. The van der Waals surface area contributed by atoms with Crippen LogP contribution >= 0.6 is 11.6 Å². The van der Waals surface area contributed by atoms with Gasteiger partial charge in [-0.05, 0) is 56.0 Å². The number of halogens is 1. The van der Waals surface area contributed by atoms with Gasteiger partial charge in [0.25, 0.3) is 0 Å². The molecule has 4 rings (SSSR count). The Morgan fingerprint density at radius 3 is 2.91 bits per heavy atom. The second kappa shape index (κ2) is 5.29. The molecule has 0 amide bonds. The topological polar surface area (TPSA) is 42.2 Å². The summed E-state index contributed by atoms with van der Waals surface area (Å²) < 4.78 is 1.98. The molecule has 1 saturated carbocycles. The van der Waals surface area contributed by atoms with Crippen molar-refractivity contribution in [1.29, 1.82) is 0 Å². The molecule has 3 aromatic heterocycles. The van der Waals surface area contributed by atoms with Crippen molar-refractivity contribution in [2.24, 2.45) is 0 Å². The lowest BCUT2D eigenvalue weighted by Gasteiger charge is -2.27. The summed E-state index contributed by atoms with van der Waals surface area (Å²) in [6.45, 7) is 2.09. The highest BCUT2D eigenvalue weighted by atomic mass is 35.5. The van der Waals surface area contributed by atoms with Crippen LogP contribution in [-0.4, -0.2) is 20.4 Å². The summed E-state index contributed by atoms with van der Waals surface area (Å²) in [5.74, 6) is 0.941. The molecule has 1 fully saturated rings. The molecule has 1 aliphatic rings. The number of hydrogen-bond donors (Lipinski definition) is 1. The largest absolute Gasteiger partial charge is 0.367 e. The highest BCUT2D eigenvalue weighted by Crippen LogP contribution is 2.26. The van der Waals surface area contributed by atoms with Crippen molar-refractivity contribution in [2.45, 2.75) is 32.2 Å². The fourth-order valence-corrected chi connectivity index (χ4v) is 2.94. The number of pyridine rings is 2. The van der Waals surface area contributed by atoms with Crippen molar-refractivity contribution < 1.29 is 0 Å². The minimum absolute atomic E-state index is 0.568. The third kappa shape index (κ3) is 2.44. The molecular weight excluding hydrogens is 296 g/mol. The van der Waals surface area contributed by atoms with E-state index in [1.54, 1.807) is 0 Å². The molecule has 0 atom stereocenters.